The SMILES string of the molecule is OCC(CO)(Cc1ccccc1)Cc1cc(F)cc(Br)c1. The average molecular weight is 353 g/mol. The third-order valence-electron chi connectivity index (χ3n) is 3.59. The van der Waals surface area contributed by atoms with Crippen LogP contribution in [-0.4, -0.2) is 23.4 Å². The van der Waals surface area contributed by atoms with Crippen molar-refractivity contribution in [3.8, 4) is 0 Å². The Hall–Kier alpha value is -1.23. The Kier molecular flexibility index (Phi) is 5.51. The van der Waals surface area contributed by atoms with Crippen LogP contribution in [0.3, 0.4) is 0 Å². The molecule has 2 rings (SSSR count). The van der Waals surface area contributed by atoms with Crippen molar-refractivity contribution >= 4 is 15.9 Å². The van der Waals surface area contributed by atoms with Crippen molar-refractivity contribution in [1.82, 2.24) is 0 Å². The van der Waals surface area contributed by atoms with Crippen molar-refractivity contribution in [1.29, 1.82) is 0 Å². The highest BCUT2D eigenvalue weighted by Gasteiger charge is 2.29. The molecule has 2 nitrogen and oxygen atoms in total. The van der Waals surface area contributed by atoms with Gasteiger partial charge in [0.25, 0.3) is 0 Å². The van der Waals surface area contributed by atoms with Gasteiger partial charge in [0.2, 0.25) is 0 Å². The van der Waals surface area contributed by atoms with Gasteiger partial charge >= 0.3 is 0 Å². The first kappa shape index (κ1) is 16.1. The van der Waals surface area contributed by atoms with Crippen LogP contribution < -0.4 is 0 Å². The lowest BCUT2D eigenvalue weighted by atomic mass is 9.78. The number of aliphatic hydroxyl groups is 2. The van der Waals surface area contributed by atoms with Gasteiger partial charge in [0, 0.05) is 9.89 Å². The zero-order chi connectivity index (χ0) is 15.3. The quantitative estimate of drug-likeness (QED) is 0.836. The van der Waals surface area contributed by atoms with Crippen molar-refractivity contribution in [2.45, 2.75) is 12.8 Å². The number of hydrogen-bond acceptors (Lipinski definition) is 2. The van der Waals surface area contributed by atoms with Gasteiger partial charge in [-0.05, 0) is 42.2 Å². The molecule has 0 unspecified atom stereocenters. The van der Waals surface area contributed by atoms with E-state index >= 15 is 0 Å². The number of rotatable bonds is 6. The van der Waals surface area contributed by atoms with Crippen molar-refractivity contribution < 1.29 is 14.6 Å². The van der Waals surface area contributed by atoms with Crippen LogP contribution >= 0.6 is 15.9 Å². The lowest BCUT2D eigenvalue weighted by Crippen LogP contribution is -2.35. The summed E-state index contributed by atoms with van der Waals surface area (Å²) < 4.78 is 14.1. The largest absolute Gasteiger partial charge is 0.396 e. The molecule has 0 aromatic heterocycles. The molecule has 0 fully saturated rings. The van der Waals surface area contributed by atoms with E-state index in [0.29, 0.717) is 17.3 Å². The summed E-state index contributed by atoms with van der Waals surface area (Å²) in [5, 5.41) is 19.5. The van der Waals surface area contributed by atoms with Gasteiger partial charge in [-0.2, -0.15) is 0 Å². The molecule has 2 aromatic carbocycles. The molecule has 0 spiro atoms. The van der Waals surface area contributed by atoms with E-state index in [1.807, 2.05) is 36.4 Å². The van der Waals surface area contributed by atoms with Gasteiger partial charge in [0.15, 0.2) is 0 Å². The van der Waals surface area contributed by atoms with E-state index in [4.69, 9.17) is 0 Å². The second kappa shape index (κ2) is 7.16. The molecule has 0 amide bonds. The normalized spacial score (nSPS) is 11.6. The van der Waals surface area contributed by atoms with Crippen LogP contribution in [0.1, 0.15) is 11.1 Å². The van der Waals surface area contributed by atoms with E-state index in [2.05, 4.69) is 15.9 Å². The Morgan fingerprint density at radius 2 is 1.52 bits per heavy atom. The molecule has 0 bridgehead atoms. The topological polar surface area (TPSA) is 40.5 Å². The summed E-state index contributed by atoms with van der Waals surface area (Å²) in [5.74, 6) is -0.330. The maximum Gasteiger partial charge on any atom is 0.124 e. The van der Waals surface area contributed by atoms with Gasteiger partial charge in [0.05, 0.1) is 13.2 Å². The van der Waals surface area contributed by atoms with Gasteiger partial charge in [-0.25, -0.2) is 4.39 Å². The van der Waals surface area contributed by atoms with Crippen LogP contribution in [0.5, 0.6) is 0 Å². The van der Waals surface area contributed by atoms with Crippen molar-refractivity contribution in [3.63, 3.8) is 0 Å². The summed E-state index contributed by atoms with van der Waals surface area (Å²) in [5.41, 5.74) is 1.09. The summed E-state index contributed by atoms with van der Waals surface area (Å²) in [6, 6.07) is 14.3. The van der Waals surface area contributed by atoms with Gasteiger partial charge in [0.1, 0.15) is 5.82 Å². The molecule has 2 N–H and O–H groups in total. The fourth-order valence-corrected chi connectivity index (χ4v) is 3.02. The summed E-state index contributed by atoms with van der Waals surface area (Å²) in [6.45, 7) is -0.320. The zero-order valence-corrected chi connectivity index (χ0v) is 13.2. The minimum Gasteiger partial charge on any atom is -0.396 e. The van der Waals surface area contributed by atoms with Crippen LogP contribution in [0.2, 0.25) is 0 Å². The van der Waals surface area contributed by atoms with E-state index in [1.54, 1.807) is 0 Å². The highest BCUT2D eigenvalue weighted by molar-refractivity contribution is 9.10. The molecule has 4 heteroatoms. The summed E-state index contributed by atoms with van der Waals surface area (Å²) in [4.78, 5) is 0. The molecule has 0 aliphatic carbocycles. The molecule has 0 saturated carbocycles. The molecule has 2 aromatic rings. The summed E-state index contributed by atoms with van der Waals surface area (Å²) in [6.07, 6.45) is 0.945. The standard InChI is InChI=1S/C17H18BrFO2/c18-15-6-14(7-16(19)8-15)10-17(11-20,12-21)9-13-4-2-1-3-5-13/h1-8,20-21H,9-12H2. The first-order chi connectivity index (χ1) is 10.1. The molecule has 21 heavy (non-hydrogen) atoms. The van der Waals surface area contributed by atoms with Crippen LogP contribution in [0.15, 0.2) is 53.0 Å². The lowest BCUT2D eigenvalue weighted by Gasteiger charge is -2.30. The smallest absolute Gasteiger partial charge is 0.124 e. The van der Waals surface area contributed by atoms with E-state index < -0.39 is 5.41 Å². The molecular formula is C17H18BrFO2. The van der Waals surface area contributed by atoms with Crippen LogP contribution in [0.25, 0.3) is 0 Å². The van der Waals surface area contributed by atoms with Crippen LogP contribution in [0, 0.1) is 11.2 Å². The fraction of sp³-hybridized carbons (Fsp3) is 0.294. The monoisotopic (exact) mass is 352 g/mol. The first-order valence-corrected chi connectivity index (χ1v) is 7.57. The minimum absolute atomic E-state index is 0.160. The van der Waals surface area contributed by atoms with Crippen molar-refractivity contribution in [2.75, 3.05) is 13.2 Å². The van der Waals surface area contributed by atoms with E-state index in [9.17, 15) is 14.6 Å². The molecule has 0 atom stereocenters. The van der Waals surface area contributed by atoms with Gasteiger partial charge < -0.3 is 10.2 Å². The Bertz CT molecular complexity index is 562. The number of halogens is 2. The molecule has 0 saturated heterocycles. The van der Waals surface area contributed by atoms with Crippen LogP contribution in [0.4, 0.5) is 4.39 Å². The second-order valence-corrected chi connectivity index (χ2v) is 6.35. The highest BCUT2D eigenvalue weighted by atomic mass is 79.9. The molecule has 0 radical (unpaired) electrons. The minimum atomic E-state index is -0.700. The predicted molar refractivity (Wildman–Crippen MR) is 84.6 cm³/mol. The number of benzene rings is 2. The molecular weight excluding hydrogens is 335 g/mol. The Morgan fingerprint density at radius 3 is 2.10 bits per heavy atom. The van der Waals surface area contributed by atoms with Gasteiger partial charge in [-0.3, -0.25) is 0 Å². The second-order valence-electron chi connectivity index (χ2n) is 5.43. The third-order valence-corrected chi connectivity index (χ3v) is 4.05. The Morgan fingerprint density at radius 1 is 0.905 bits per heavy atom. The predicted octanol–water partition coefficient (Wildman–Crippen LogP) is 3.34. The number of aliphatic hydroxyl groups excluding tert-OH is 2. The molecule has 112 valence electrons. The fourth-order valence-electron chi connectivity index (χ4n) is 2.51. The average Bonchev–Trinajstić information content (AvgIpc) is 2.46. The van der Waals surface area contributed by atoms with Crippen molar-refractivity contribution in [2.24, 2.45) is 5.41 Å². The molecule has 0 aliphatic rings. The summed E-state index contributed by atoms with van der Waals surface area (Å²) >= 11 is 3.27. The van der Waals surface area contributed by atoms with Crippen molar-refractivity contribution in [3.05, 3.63) is 69.9 Å². The number of hydrogen-bond donors (Lipinski definition) is 2. The van der Waals surface area contributed by atoms with E-state index in [0.717, 1.165) is 11.1 Å². The Labute approximate surface area is 132 Å². The Balaban J connectivity index is 2.25. The van der Waals surface area contributed by atoms with Crippen LogP contribution in [-0.2, 0) is 12.8 Å². The third kappa shape index (κ3) is 4.37. The van der Waals surface area contributed by atoms with E-state index in [1.165, 1.54) is 12.1 Å². The maximum atomic E-state index is 13.5. The highest BCUT2D eigenvalue weighted by Crippen LogP contribution is 2.29. The van der Waals surface area contributed by atoms with E-state index in [-0.39, 0.29) is 19.0 Å². The zero-order valence-electron chi connectivity index (χ0n) is 11.6. The van der Waals surface area contributed by atoms with Gasteiger partial charge in [-0.15, -0.1) is 0 Å². The molecule has 0 heterocycles. The lowest BCUT2D eigenvalue weighted by molar-refractivity contribution is 0.0547. The first-order valence-electron chi connectivity index (χ1n) is 6.77. The maximum absolute atomic E-state index is 13.5. The molecule has 0 aliphatic heterocycles. The summed E-state index contributed by atoms with van der Waals surface area (Å²) in [7, 11) is 0. The van der Waals surface area contributed by atoms with Gasteiger partial charge in [-0.1, -0.05) is 46.3 Å².